The number of hydrogen-bond acceptors (Lipinski definition) is 2. The maximum Gasteiger partial charge on any atom is 0.311 e. The number of ether oxygens (including phenoxy) is 1. The second-order valence-corrected chi connectivity index (χ2v) is 3.29. The first kappa shape index (κ1) is 8.50. The number of esters is 1. The summed E-state index contributed by atoms with van der Waals surface area (Å²) in [6.45, 7) is 1.50. The van der Waals surface area contributed by atoms with Crippen molar-refractivity contribution in [3.63, 3.8) is 0 Å². The highest BCUT2D eigenvalue weighted by atomic mass is 19.1. The largest absolute Gasteiger partial charge is 0.469 e. The quantitative estimate of drug-likeness (QED) is 0.585. The summed E-state index contributed by atoms with van der Waals surface area (Å²) in [6.07, 6.45) is 1.27. The van der Waals surface area contributed by atoms with Crippen molar-refractivity contribution < 1.29 is 13.9 Å². The Kier molecular flexibility index (Phi) is 2.16. The molecule has 0 N–H and O–H groups in total. The zero-order valence-electron chi connectivity index (χ0n) is 6.89. The lowest BCUT2D eigenvalue weighted by Crippen LogP contribution is -2.16. The summed E-state index contributed by atoms with van der Waals surface area (Å²) < 4.78 is 16.4. The number of halogens is 1. The number of rotatable bonds is 3. The zero-order valence-corrected chi connectivity index (χ0v) is 6.89. The highest BCUT2D eigenvalue weighted by Gasteiger charge is 2.56. The van der Waals surface area contributed by atoms with Crippen molar-refractivity contribution in [3.8, 4) is 0 Å². The third-order valence-electron chi connectivity index (χ3n) is 2.52. The minimum atomic E-state index is -0.374. The van der Waals surface area contributed by atoms with E-state index in [9.17, 15) is 9.18 Å². The van der Waals surface area contributed by atoms with E-state index >= 15 is 0 Å². The average Bonchev–Trinajstić information content (AvgIpc) is 2.63. The summed E-state index contributed by atoms with van der Waals surface area (Å²) in [5.41, 5.74) is -0.374. The van der Waals surface area contributed by atoms with Crippen LogP contribution in [-0.4, -0.2) is 19.8 Å². The van der Waals surface area contributed by atoms with Gasteiger partial charge < -0.3 is 4.74 Å². The van der Waals surface area contributed by atoms with E-state index in [0.717, 1.165) is 6.42 Å². The van der Waals surface area contributed by atoms with Gasteiger partial charge in [-0.25, -0.2) is 0 Å². The van der Waals surface area contributed by atoms with Gasteiger partial charge >= 0.3 is 5.97 Å². The summed E-state index contributed by atoms with van der Waals surface area (Å²) in [5.74, 6) is 0.0101. The number of methoxy groups -OCH3 is 1. The van der Waals surface area contributed by atoms with Crippen molar-refractivity contribution in [2.75, 3.05) is 13.8 Å². The van der Waals surface area contributed by atoms with E-state index in [-0.39, 0.29) is 24.0 Å². The number of hydrogen-bond donors (Lipinski definition) is 0. The monoisotopic (exact) mass is 160 g/mol. The summed E-state index contributed by atoms with van der Waals surface area (Å²) in [5, 5.41) is 0. The predicted molar refractivity (Wildman–Crippen MR) is 38.8 cm³/mol. The molecule has 0 heterocycles. The summed E-state index contributed by atoms with van der Waals surface area (Å²) >= 11 is 0. The molecular formula is C8H13FO2. The Morgan fingerprint density at radius 3 is 2.91 bits per heavy atom. The minimum Gasteiger partial charge on any atom is -0.469 e. The van der Waals surface area contributed by atoms with Crippen molar-refractivity contribution in [3.05, 3.63) is 0 Å². The lowest BCUT2D eigenvalue weighted by Gasteiger charge is -2.06. The second kappa shape index (κ2) is 2.80. The van der Waals surface area contributed by atoms with Gasteiger partial charge in [-0.3, -0.25) is 9.18 Å². The molecule has 1 fully saturated rings. The fraction of sp³-hybridized carbons (Fsp3) is 0.875. The van der Waals surface area contributed by atoms with Crippen LogP contribution in [-0.2, 0) is 9.53 Å². The lowest BCUT2D eigenvalue weighted by molar-refractivity contribution is -0.147. The molecule has 0 spiro atoms. The van der Waals surface area contributed by atoms with Gasteiger partial charge in [-0.1, -0.05) is 0 Å². The molecular weight excluding hydrogens is 147 g/mol. The Bertz CT molecular complexity index is 169. The smallest absolute Gasteiger partial charge is 0.311 e. The highest BCUT2D eigenvalue weighted by molar-refractivity contribution is 5.79. The van der Waals surface area contributed by atoms with Gasteiger partial charge in [0.1, 0.15) is 0 Å². The number of carbonyl (C=O) groups is 1. The molecule has 0 amide bonds. The second-order valence-electron chi connectivity index (χ2n) is 3.29. The van der Waals surface area contributed by atoms with Crippen LogP contribution in [0.25, 0.3) is 0 Å². The normalized spacial score (nSPS) is 35.0. The SMILES string of the molecule is COC(=O)[C@@]1(C)C[C@H]1CCF. The van der Waals surface area contributed by atoms with Gasteiger partial charge in [0.25, 0.3) is 0 Å². The summed E-state index contributed by atoms with van der Waals surface area (Å²) in [7, 11) is 1.37. The Morgan fingerprint density at radius 1 is 1.82 bits per heavy atom. The van der Waals surface area contributed by atoms with Crippen LogP contribution in [0, 0.1) is 11.3 Å². The maximum atomic E-state index is 11.8. The van der Waals surface area contributed by atoms with Crippen LogP contribution in [0.3, 0.4) is 0 Å². The van der Waals surface area contributed by atoms with Crippen molar-refractivity contribution in [1.82, 2.24) is 0 Å². The molecule has 0 aromatic carbocycles. The Labute approximate surface area is 65.7 Å². The molecule has 1 aliphatic rings. The van der Waals surface area contributed by atoms with Gasteiger partial charge in [0.05, 0.1) is 19.2 Å². The maximum absolute atomic E-state index is 11.8. The first-order valence-electron chi connectivity index (χ1n) is 3.79. The van der Waals surface area contributed by atoms with Crippen LogP contribution < -0.4 is 0 Å². The topological polar surface area (TPSA) is 26.3 Å². The first-order chi connectivity index (χ1) is 5.15. The van der Waals surface area contributed by atoms with Crippen LogP contribution in [0.4, 0.5) is 4.39 Å². The van der Waals surface area contributed by atoms with Crippen molar-refractivity contribution in [2.24, 2.45) is 11.3 Å². The van der Waals surface area contributed by atoms with Gasteiger partial charge in [0, 0.05) is 0 Å². The molecule has 1 saturated carbocycles. The number of carbonyl (C=O) groups excluding carboxylic acids is 1. The molecule has 0 aromatic rings. The molecule has 2 nitrogen and oxygen atoms in total. The van der Waals surface area contributed by atoms with Crippen LogP contribution in [0.2, 0.25) is 0 Å². The van der Waals surface area contributed by atoms with Crippen molar-refractivity contribution in [2.45, 2.75) is 19.8 Å². The van der Waals surface area contributed by atoms with Crippen LogP contribution >= 0.6 is 0 Å². The molecule has 0 radical (unpaired) electrons. The van der Waals surface area contributed by atoms with Gasteiger partial charge in [-0.2, -0.15) is 0 Å². The van der Waals surface area contributed by atoms with Crippen LogP contribution in [0.15, 0.2) is 0 Å². The molecule has 2 atom stereocenters. The van der Waals surface area contributed by atoms with E-state index in [1.165, 1.54) is 7.11 Å². The standard InChI is InChI=1S/C8H13FO2/c1-8(7(10)11-2)5-6(8)3-4-9/h6H,3-5H2,1-2H3/t6-,8+/m1/s1. The molecule has 0 bridgehead atoms. The average molecular weight is 160 g/mol. The van der Waals surface area contributed by atoms with Crippen molar-refractivity contribution >= 4 is 5.97 Å². The molecule has 1 aliphatic carbocycles. The molecule has 3 heteroatoms. The lowest BCUT2D eigenvalue weighted by atomic mass is 10.1. The van der Waals surface area contributed by atoms with E-state index in [1.54, 1.807) is 0 Å². The third kappa shape index (κ3) is 1.37. The molecule has 1 rings (SSSR count). The Balaban J connectivity index is 2.42. The highest BCUT2D eigenvalue weighted by Crippen LogP contribution is 2.54. The molecule has 0 aliphatic heterocycles. The Morgan fingerprint density at radius 2 is 2.45 bits per heavy atom. The van der Waals surface area contributed by atoms with Gasteiger partial charge in [0.15, 0.2) is 0 Å². The molecule has 11 heavy (non-hydrogen) atoms. The van der Waals surface area contributed by atoms with Gasteiger partial charge in [0.2, 0.25) is 0 Å². The van der Waals surface area contributed by atoms with E-state index in [2.05, 4.69) is 4.74 Å². The Hall–Kier alpha value is -0.600. The fourth-order valence-electron chi connectivity index (χ4n) is 1.49. The van der Waals surface area contributed by atoms with E-state index < -0.39 is 0 Å². The summed E-state index contributed by atoms with van der Waals surface area (Å²) in [4.78, 5) is 11.0. The minimum absolute atomic E-state index is 0.198. The van der Waals surface area contributed by atoms with E-state index in [1.807, 2.05) is 6.92 Å². The molecule has 0 unspecified atom stereocenters. The van der Waals surface area contributed by atoms with Gasteiger partial charge in [-0.15, -0.1) is 0 Å². The van der Waals surface area contributed by atoms with Crippen LogP contribution in [0.5, 0.6) is 0 Å². The molecule has 0 aromatic heterocycles. The fourth-order valence-corrected chi connectivity index (χ4v) is 1.49. The predicted octanol–water partition coefficient (Wildman–Crippen LogP) is 1.55. The van der Waals surface area contributed by atoms with E-state index in [0.29, 0.717) is 6.42 Å². The summed E-state index contributed by atoms with van der Waals surface area (Å²) in [6, 6.07) is 0. The van der Waals surface area contributed by atoms with E-state index in [4.69, 9.17) is 0 Å². The number of alkyl halides is 1. The van der Waals surface area contributed by atoms with Crippen LogP contribution in [0.1, 0.15) is 19.8 Å². The van der Waals surface area contributed by atoms with Gasteiger partial charge in [-0.05, 0) is 25.7 Å². The third-order valence-corrected chi connectivity index (χ3v) is 2.52. The zero-order chi connectivity index (χ0) is 8.48. The molecule has 0 saturated heterocycles. The first-order valence-corrected chi connectivity index (χ1v) is 3.79. The molecule has 64 valence electrons. The van der Waals surface area contributed by atoms with Crippen molar-refractivity contribution in [1.29, 1.82) is 0 Å².